The van der Waals surface area contributed by atoms with Gasteiger partial charge < -0.3 is 14.4 Å². The smallest absolute Gasteiger partial charge is 0.267 e. The van der Waals surface area contributed by atoms with Crippen molar-refractivity contribution in [3.8, 4) is 5.69 Å². The van der Waals surface area contributed by atoms with Crippen LogP contribution in [0.2, 0.25) is 0 Å². The summed E-state index contributed by atoms with van der Waals surface area (Å²) in [6, 6.07) is 7.86. The highest BCUT2D eigenvalue weighted by Crippen LogP contribution is 2.38. The van der Waals surface area contributed by atoms with E-state index in [0.717, 1.165) is 21.7 Å². The molecule has 0 unspecified atom stereocenters. The molecule has 9 heteroatoms. The molecule has 1 amide bonds. The van der Waals surface area contributed by atoms with E-state index in [2.05, 4.69) is 13.8 Å². The van der Waals surface area contributed by atoms with Crippen LogP contribution in [0.3, 0.4) is 0 Å². The predicted octanol–water partition coefficient (Wildman–Crippen LogP) is 3.95. The molecule has 1 atom stereocenters. The van der Waals surface area contributed by atoms with Gasteiger partial charge in [0.25, 0.3) is 5.56 Å². The number of fused-ring (bicyclic) bond motifs is 3. The minimum atomic E-state index is -0.379. The highest BCUT2D eigenvalue weighted by atomic mass is 32.2. The first-order valence-electron chi connectivity index (χ1n) is 11.5. The molecular formula is C25H29N3O4S2. The fraction of sp³-hybridized carbons (Fsp3) is 0.480. The van der Waals surface area contributed by atoms with E-state index in [0.29, 0.717) is 54.7 Å². The molecule has 1 saturated heterocycles. The maximum atomic E-state index is 14.0. The van der Waals surface area contributed by atoms with Crippen molar-refractivity contribution in [1.29, 1.82) is 0 Å². The van der Waals surface area contributed by atoms with Crippen LogP contribution in [0.5, 0.6) is 0 Å². The molecule has 3 aromatic rings. The second-order valence-corrected chi connectivity index (χ2v) is 11.9. The molecule has 2 aliphatic heterocycles. The molecule has 1 fully saturated rings. The standard InChI is InChI=1S/C25H29N3O4S2/c1-15-6-5-7-17(12-15)28-23(30)20-18-13-25(3,4)32-14-19(18)34-21(20)26-24(28)33-16(2)22(29)27-8-10-31-11-9-27/h5-7,12,16H,8-11,13-14H2,1-4H3/t16-/m1/s1. The highest BCUT2D eigenvalue weighted by Gasteiger charge is 2.32. The first-order chi connectivity index (χ1) is 16.2. The van der Waals surface area contributed by atoms with E-state index in [9.17, 15) is 9.59 Å². The van der Waals surface area contributed by atoms with E-state index in [1.807, 2.05) is 43.0 Å². The summed E-state index contributed by atoms with van der Waals surface area (Å²) in [7, 11) is 0. The van der Waals surface area contributed by atoms with Crippen LogP contribution in [-0.2, 0) is 27.3 Å². The van der Waals surface area contributed by atoms with Crippen molar-refractivity contribution in [2.75, 3.05) is 26.3 Å². The summed E-state index contributed by atoms with van der Waals surface area (Å²) in [5.41, 5.74) is 2.45. The number of benzene rings is 1. The predicted molar refractivity (Wildman–Crippen MR) is 135 cm³/mol. The van der Waals surface area contributed by atoms with Crippen molar-refractivity contribution >= 4 is 39.2 Å². The number of thiophene rings is 1. The summed E-state index contributed by atoms with van der Waals surface area (Å²) >= 11 is 2.87. The molecule has 0 aliphatic carbocycles. The third kappa shape index (κ3) is 4.42. The first-order valence-corrected chi connectivity index (χ1v) is 13.2. The van der Waals surface area contributed by atoms with Gasteiger partial charge in [0.2, 0.25) is 5.91 Å². The molecule has 2 aliphatic rings. The Bertz CT molecular complexity index is 1310. The van der Waals surface area contributed by atoms with Gasteiger partial charge in [-0.25, -0.2) is 4.98 Å². The molecule has 34 heavy (non-hydrogen) atoms. The Morgan fingerprint density at radius 3 is 2.76 bits per heavy atom. The van der Waals surface area contributed by atoms with Gasteiger partial charge in [-0.3, -0.25) is 14.2 Å². The number of hydrogen-bond acceptors (Lipinski definition) is 7. The highest BCUT2D eigenvalue weighted by molar-refractivity contribution is 8.00. The number of amides is 1. The van der Waals surface area contributed by atoms with E-state index < -0.39 is 0 Å². The van der Waals surface area contributed by atoms with Gasteiger partial charge in [-0.1, -0.05) is 23.9 Å². The quantitative estimate of drug-likeness (QED) is 0.400. The number of aromatic nitrogens is 2. The lowest BCUT2D eigenvalue weighted by Crippen LogP contribution is -2.44. The van der Waals surface area contributed by atoms with Crippen LogP contribution < -0.4 is 5.56 Å². The number of carbonyl (C=O) groups excluding carboxylic acids is 1. The van der Waals surface area contributed by atoms with Crippen molar-refractivity contribution in [2.45, 2.75) is 56.7 Å². The van der Waals surface area contributed by atoms with E-state index in [-0.39, 0.29) is 22.3 Å². The summed E-state index contributed by atoms with van der Waals surface area (Å²) in [6.07, 6.45) is 0.672. The Hall–Kier alpha value is -2.20. The fourth-order valence-corrected chi connectivity index (χ4v) is 6.65. The van der Waals surface area contributed by atoms with Gasteiger partial charge in [-0.2, -0.15) is 0 Å². The maximum absolute atomic E-state index is 14.0. The zero-order valence-corrected chi connectivity index (χ0v) is 21.6. The van der Waals surface area contributed by atoms with Gasteiger partial charge >= 0.3 is 0 Å². The monoisotopic (exact) mass is 499 g/mol. The largest absolute Gasteiger partial charge is 0.378 e. The number of ether oxygens (including phenoxy) is 2. The minimum absolute atomic E-state index is 0.0408. The average Bonchev–Trinajstić information content (AvgIpc) is 3.15. The Balaban J connectivity index is 1.62. The van der Waals surface area contributed by atoms with E-state index in [4.69, 9.17) is 14.5 Å². The molecule has 2 aromatic heterocycles. The minimum Gasteiger partial charge on any atom is -0.378 e. The van der Waals surface area contributed by atoms with Gasteiger partial charge in [0.05, 0.1) is 41.7 Å². The number of hydrogen-bond donors (Lipinski definition) is 0. The summed E-state index contributed by atoms with van der Waals surface area (Å²) < 4.78 is 13.1. The summed E-state index contributed by atoms with van der Waals surface area (Å²) in [5.74, 6) is 0.0408. The number of aryl methyl sites for hydroxylation is 1. The molecule has 0 bridgehead atoms. The van der Waals surface area contributed by atoms with Gasteiger partial charge in [-0.15, -0.1) is 11.3 Å². The van der Waals surface area contributed by atoms with Gasteiger partial charge in [0.15, 0.2) is 5.16 Å². The number of nitrogens with zero attached hydrogens (tertiary/aromatic N) is 3. The molecule has 5 rings (SSSR count). The summed E-state index contributed by atoms with van der Waals surface area (Å²) in [6.45, 7) is 10.8. The van der Waals surface area contributed by atoms with Crippen LogP contribution in [0, 0.1) is 6.92 Å². The number of rotatable bonds is 4. The molecule has 4 heterocycles. The SMILES string of the molecule is Cc1cccc(-n2c(S[C@H](C)C(=O)N3CCOCC3)nc3sc4c(c3c2=O)CC(C)(C)OC4)c1. The van der Waals surface area contributed by atoms with Crippen LogP contribution in [0.25, 0.3) is 15.9 Å². The van der Waals surface area contributed by atoms with Crippen molar-refractivity contribution in [3.05, 3.63) is 50.6 Å². The van der Waals surface area contributed by atoms with Crippen LogP contribution >= 0.6 is 23.1 Å². The van der Waals surface area contributed by atoms with Crippen LogP contribution in [-0.4, -0.2) is 57.5 Å². The second-order valence-electron chi connectivity index (χ2n) is 9.48. The van der Waals surface area contributed by atoms with Crippen LogP contribution in [0.4, 0.5) is 0 Å². The van der Waals surface area contributed by atoms with Crippen LogP contribution in [0.15, 0.2) is 34.2 Å². The normalized spacial score (nSPS) is 18.6. The molecule has 0 radical (unpaired) electrons. The van der Waals surface area contributed by atoms with E-state index in [1.54, 1.807) is 4.57 Å². The summed E-state index contributed by atoms with van der Waals surface area (Å²) in [4.78, 5) is 35.7. The van der Waals surface area contributed by atoms with Gasteiger partial charge in [0, 0.05) is 24.4 Å². The van der Waals surface area contributed by atoms with Crippen molar-refractivity contribution in [3.63, 3.8) is 0 Å². The molecule has 180 valence electrons. The Morgan fingerprint density at radius 1 is 1.26 bits per heavy atom. The Labute approximate surface area is 207 Å². The molecule has 7 nitrogen and oxygen atoms in total. The topological polar surface area (TPSA) is 73.7 Å². The maximum Gasteiger partial charge on any atom is 0.267 e. The Kier molecular flexibility index (Phi) is 6.31. The molecular weight excluding hydrogens is 470 g/mol. The molecule has 0 saturated carbocycles. The molecule has 1 aromatic carbocycles. The summed E-state index contributed by atoms with van der Waals surface area (Å²) in [5, 5.41) is 0.834. The zero-order chi connectivity index (χ0) is 24.0. The lowest BCUT2D eigenvalue weighted by atomic mass is 9.94. The number of carbonyl (C=O) groups is 1. The Morgan fingerprint density at radius 2 is 2.03 bits per heavy atom. The van der Waals surface area contributed by atoms with Gasteiger partial charge in [-0.05, 0) is 51.0 Å². The number of morpholine rings is 1. The van der Waals surface area contributed by atoms with Crippen molar-refractivity contribution in [2.24, 2.45) is 0 Å². The average molecular weight is 500 g/mol. The van der Waals surface area contributed by atoms with Crippen molar-refractivity contribution in [1.82, 2.24) is 14.5 Å². The van der Waals surface area contributed by atoms with E-state index in [1.165, 1.54) is 23.1 Å². The lowest BCUT2D eigenvalue weighted by Gasteiger charge is -2.30. The van der Waals surface area contributed by atoms with Crippen molar-refractivity contribution < 1.29 is 14.3 Å². The molecule has 0 N–H and O–H groups in total. The zero-order valence-electron chi connectivity index (χ0n) is 19.9. The van der Waals surface area contributed by atoms with Gasteiger partial charge in [0.1, 0.15) is 4.83 Å². The molecule has 0 spiro atoms. The lowest BCUT2D eigenvalue weighted by molar-refractivity contribution is -0.134. The third-order valence-corrected chi connectivity index (χ3v) is 8.43. The van der Waals surface area contributed by atoms with E-state index >= 15 is 0 Å². The number of thioether (sulfide) groups is 1. The third-order valence-electron chi connectivity index (χ3n) is 6.29. The first kappa shape index (κ1) is 23.5. The second kappa shape index (κ2) is 9.11. The van der Waals surface area contributed by atoms with Crippen LogP contribution in [0.1, 0.15) is 36.8 Å². The fourth-order valence-electron chi connectivity index (χ4n) is 4.50.